The number of aliphatic imine (C=N–C) groups is 1. The number of nitrogens with two attached hydrogens (primary N) is 1. The number of rotatable bonds is 5. The van der Waals surface area contributed by atoms with E-state index in [-0.39, 0.29) is 6.04 Å². The summed E-state index contributed by atoms with van der Waals surface area (Å²) in [6, 6.07) is 8.03. The molecule has 0 fully saturated rings. The first kappa shape index (κ1) is 15.3. The van der Waals surface area contributed by atoms with Crippen LogP contribution in [0, 0.1) is 0 Å². The lowest BCUT2D eigenvalue weighted by Crippen LogP contribution is -2.37. The average Bonchev–Trinajstić information content (AvgIpc) is 2.38. The first-order chi connectivity index (χ1) is 9.06. The highest BCUT2D eigenvalue weighted by atomic mass is 16.5. The third-order valence-corrected chi connectivity index (χ3v) is 2.54. The fourth-order valence-electron chi connectivity index (χ4n) is 1.58. The van der Waals surface area contributed by atoms with E-state index in [0.29, 0.717) is 12.6 Å². The van der Waals surface area contributed by atoms with Crippen LogP contribution in [0.5, 0.6) is 0 Å². The van der Waals surface area contributed by atoms with Crippen LogP contribution in [0.25, 0.3) is 0 Å². The van der Waals surface area contributed by atoms with Crippen molar-refractivity contribution < 1.29 is 4.74 Å². The first-order valence-corrected chi connectivity index (χ1v) is 6.14. The molecule has 6 nitrogen and oxygen atoms in total. The van der Waals surface area contributed by atoms with Gasteiger partial charge in [0, 0.05) is 32.6 Å². The molecule has 0 aliphatic rings. The number of hydrazine groups is 1. The number of hydrogen-bond donors (Lipinski definition) is 3. The van der Waals surface area contributed by atoms with Crippen molar-refractivity contribution in [2.24, 2.45) is 10.8 Å². The molecule has 0 aliphatic heterocycles. The minimum absolute atomic E-state index is 0.0320. The van der Waals surface area contributed by atoms with Crippen LogP contribution in [-0.2, 0) is 4.74 Å². The van der Waals surface area contributed by atoms with Gasteiger partial charge in [0.15, 0.2) is 0 Å². The second-order valence-electron chi connectivity index (χ2n) is 4.49. The maximum Gasteiger partial charge on any atom is 0.210 e. The monoisotopic (exact) mass is 265 g/mol. The zero-order valence-electron chi connectivity index (χ0n) is 12.0. The van der Waals surface area contributed by atoms with Crippen LogP contribution < -0.4 is 21.5 Å². The number of benzene rings is 1. The van der Waals surface area contributed by atoms with Crippen LogP contribution in [0.4, 0.5) is 11.4 Å². The van der Waals surface area contributed by atoms with Crippen LogP contribution in [0.1, 0.15) is 6.92 Å². The smallest absolute Gasteiger partial charge is 0.210 e. The predicted octanol–water partition coefficient (Wildman–Crippen LogP) is 1.02. The molecule has 19 heavy (non-hydrogen) atoms. The molecule has 1 rings (SSSR count). The molecule has 0 radical (unpaired) electrons. The summed E-state index contributed by atoms with van der Waals surface area (Å²) in [5.74, 6) is 5.97. The summed E-state index contributed by atoms with van der Waals surface area (Å²) in [4.78, 5) is 6.41. The van der Waals surface area contributed by atoms with E-state index in [1.165, 1.54) is 0 Å². The Hall–Kier alpha value is -1.79. The van der Waals surface area contributed by atoms with Crippen molar-refractivity contribution in [1.82, 2.24) is 5.43 Å². The molecule has 1 atom stereocenters. The van der Waals surface area contributed by atoms with Gasteiger partial charge in [0.25, 0.3) is 0 Å². The molecular weight excluding hydrogens is 242 g/mol. The van der Waals surface area contributed by atoms with Crippen molar-refractivity contribution in [3.8, 4) is 0 Å². The van der Waals surface area contributed by atoms with E-state index in [4.69, 9.17) is 10.6 Å². The highest BCUT2D eigenvalue weighted by Gasteiger charge is 2.03. The maximum absolute atomic E-state index is 5.45. The molecule has 0 bridgehead atoms. The standard InChI is InChI=1S/C13H23N5O/c1-10(9-19-4)15-13(17-14)16-11-5-7-12(8-6-11)18(2)3/h5-8,10H,9,14H2,1-4H3,(H2,15,16,17). The molecule has 106 valence electrons. The Morgan fingerprint density at radius 2 is 2.00 bits per heavy atom. The SMILES string of the molecule is COCC(C)N=C(NN)Nc1ccc(N(C)C)cc1. The van der Waals surface area contributed by atoms with Gasteiger partial charge in [-0.1, -0.05) is 0 Å². The second-order valence-corrected chi connectivity index (χ2v) is 4.49. The Labute approximate surface area is 114 Å². The van der Waals surface area contributed by atoms with Crippen LogP contribution in [0.15, 0.2) is 29.3 Å². The molecule has 1 unspecified atom stereocenters. The number of methoxy groups -OCH3 is 1. The summed E-state index contributed by atoms with van der Waals surface area (Å²) in [7, 11) is 5.65. The minimum atomic E-state index is 0.0320. The lowest BCUT2D eigenvalue weighted by molar-refractivity contribution is 0.185. The Balaban J connectivity index is 2.70. The van der Waals surface area contributed by atoms with Crippen LogP contribution >= 0.6 is 0 Å². The van der Waals surface area contributed by atoms with Crippen LogP contribution in [-0.4, -0.2) is 39.8 Å². The van der Waals surface area contributed by atoms with E-state index in [2.05, 4.69) is 15.7 Å². The Bertz CT molecular complexity index is 402. The summed E-state index contributed by atoms with van der Waals surface area (Å²) in [6.45, 7) is 2.50. The third-order valence-electron chi connectivity index (χ3n) is 2.54. The van der Waals surface area contributed by atoms with Gasteiger partial charge in [-0.2, -0.15) is 0 Å². The second kappa shape index (κ2) is 7.60. The lowest BCUT2D eigenvalue weighted by Gasteiger charge is -2.15. The van der Waals surface area contributed by atoms with Gasteiger partial charge in [0.05, 0.1) is 12.6 Å². The molecule has 4 N–H and O–H groups in total. The van der Waals surface area contributed by atoms with E-state index in [1.807, 2.05) is 50.2 Å². The molecule has 0 spiro atoms. The molecule has 1 aromatic rings. The van der Waals surface area contributed by atoms with Crippen LogP contribution in [0.2, 0.25) is 0 Å². The van der Waals surface area contributed by atoms with Gasteiger partial charge in [-0.25, -0.2) is 10.8 Å². The van der Waals surface area contributed by atoms with E-state index in [0.717, 1.165) is 11.4 Å². The fourth-order valence-corrected chi connectivity index (χ4v) is 1.58. The number of anilines is 2. The van der Waals surface area contributed by atoms with Crippen LogP contribution in [0.3, 0.4) is 0 Å². The normalized spacial score (nSPS) is 13.0. The Morgan fingerprint density at radius 1 is 1.37 bits per heavy atom. The first-order valence-electron chi connectivity index (χ1n) is 6.14. The summed E-state index contributed by atoms with van der Waals surface area (Å²) < 4.78 is 5.03. The molecule has 0 saturated carbocycles. The van der Waals surface area contributed by atoms with E-state index < -0.39 is 0 Å². The van der Waals surface area contributed by atoms with Gasteiger partial charge in [0.2, 0.25) is 5.96 Å². The Morgan fingerprint density at radius 3 is 2.47 bits per heavy atom. The number of ether oxygens (including phenoxy) is 1. The average molecular weight is 265 g/mol. The van der Waals surface area contributed by atoms with Gasteiger partial charge in [-0.15, -0.1) is 0 Å². The summed E-state index contributed by atoms with van der Waals surface area (Å²) in [5, 5.41) is 3.12. The molecule has 0 amide bonds. The quantitative estimate of drug-likeness (QED) is 0.321. The van der Waals surface area contributed by atoms with E-state index >= 15 is 0 Å². The number of guanidine groups is 1. The fraction of sp³-hybridized carbons (Fsp3) is 0.462. The molecular formula is C13H23N5O. The van der Waals surface area contributed by atoms with Crippen molar-refractivity contribution >= 4 is 17.3 Å². The van der Waals surface area contributed by atoms with Crippen molar-refractivity contribution in [2.45, 2.75) is 13.0 Å². The molecule has 0 saturated heterocycles. The topological polar surface area (TPSA) is 74.9 Å². The zero-order valence-corrected chi connectivity index (χ0v) is 12.0. The van der Waals surface area contributed by atoms with Crippen molar-refractivity contribution in [1.29, 1.82) is 0 Å². The van der Waals surface area contributed by atoms with E-state index in [1.54, 1.807) is 7.11 Å². The molecule has 0 aromatic heterocycles. The molecule has 1 aromatic carbocycles. The molecule has 0 aliphatic carbocycles. The van der Waals surface area contributed by atoms with Crippen molar-refractivity contribution in [2.75, 3.05) is 38.0 Å². The van der Waals surface area contributed by atoms with Gasteiger partial charge >= 0.3 is 0 Å². The summed E-state index contributed by atoms with van der Waals surface area (Å²) in [5.41, 5.74) is 4.61. The molecule has 6 heteroatoms. The van der Waals surface area contributed by atoms with E-state index in [9.17, 15) is 0 Å². The lowest BCUT2D eigenvalue weighted by atomic mass is 10.2. The third kappa shape index (κ3) is 5.15. The van der Waals surface area contributed by atoms with Gasteiger partial charge < -0.3 is 15.0 Å². The Kier molecular flexibility index (Phi) is 6.11. The van der Waals surface area contributed by atoms with Gasteiger partial charge in [0.1, 0.15) is 0 Å². The number of hydrogen-bond acceptors (Lipinski definition) is 4. The summed E-state index contributed by atoms with van der Waals surface area (Å²) >= 11 is 0. The van der Waals surface area contributed by atoms with Gasteiger partial charge in [-0.05, 0) is 31.2 Å². The predicted molar refractivity (Wildman–Crippen MR) is 80.5 cm³/mol. The highest BCUT2D eigenvalue weighted by Crippen LogP contribution is 2.15. The van der Waals surface area contributed by atoms with Crippen molar-refractivity contribution in [3.05, 3.63) is 24.3 Å². The van der Waals surface area contributed by atoms with Crippen molar-refractivity contribution in [3.63, 3.8) is 0 Å². The minimum Gasteiger partial charge on any atom is -0.382 e. The summed E-state index contributed by atoms with van der Waals surface area (Å²) in [6.07, 6.45) is 0. The molecule has 0 heterocycles. The maximum atomic E-state index is 5.45. The number of nitrogens with one attached hydrogen (secondary N) is 2. The largest absolute Gasteiger partial charge is 0.382 e. The highest BCUT2D eigenvalue weighted by molar-refractivity contribution is 5.93. The zero-order chi connectivity index (χ0) is 14.3. The van der Waals surface area contributed by atoms with Gasteiger partial charge in [-0.3, -0.25) is 5.43 Å². The number of nitrogens with zero attached hydrogens (tertiary/aromatic N) is 2.